The second kappa shape index (κ2) is 3.84. The van der Waals surface area contributed by atoms with Crippen molar-refractivity contribution in [3.8, 4) is 0 Å². The first kappa shape index (κ1) is 10.3. The van der Waals surface area contributed by atoms with Gasteiger partial charge in [0.15, 0.2) is 0 Å². The molecule has 5 nitrogen and oxygen atoms in total. The molecule has 0 unspecified atom stereocenters. The Hall–Kier alpha value is -1.91. The van der Waals surface area contributed by atoms with Crippen LogP contribution < -0.4 is 0 Å². The summed E-state index contributed by atoms with van der Waals surface area (Å²) >= 11 is 0. The van der Waals surface area contributed by atoms with Gasteiger partial charge in [-0.25, -0.2) is 14.8 Å². The van der Waals surface area contributed by atoms with E-state index in [9.17, 15) is 9.90 Å². The van der Waals surface area contributed by atoms with Crippen LogP contribution in [0, 0.1) is 0 Å². The van der Waals surface area contributed by atoms with E-state index in [1.165, 1.54) is 6.33 Å². The van der Waals surface area contributed by atoms with E-state index in [2.05, 4.69) is 9.97 Å². The molecule has 0 aromatic carbocycles. The summed E-state index contributed by atoms with van der Waals surface area (Å²) in [5.41, 5.74) is 1.07. The van der Waals surface area contributed by atoms with Crippen LogP contribution in [-0.4, -0.2) is 25.6 Å². The molecule has 2 aromatic heterocycles. The lowest BCUT2D eigenvalue weighted by atomic mass is 10.2. The molecule has 0 atom stereocenters. The van der Waals surface area contributed by atoms with Crippen molar-refractivity contribution in [3.63, 3.8) is 0 Å². The van der Waals surface area contributed by atoms with E-state index >= 15 is 0 Å². The van der Waals surface area contributed by atoms with Gasteiger partial charge in [0.2, 0.25) is 0 Å². The first-order chi connectivity index (χ1) is 8.27. The van der Waals surface area contributed by atoms with Gasteiger partial charge in [-0.1, -0.05) is 12.8 Å². The SMILES string of the molecule is O=C(O)c1cc2cncnc2n1C1CCCC1. The number of aromatic nitrogens is 3. The summed E-state index contributed by atoms with van der Waals surface area (Å²) < 4.78 is 1.87. The number of hydrogen-bond acceptors (Lipinski definition) is 3. The molecule has 1 saturated carbocycles. The average molecular weight is 231 g/mol. The molecule has 1 aliphatic carbocycles. The van der Waals surface area contributed by atoms with Crippen LogP contribution in [-0.2, 0) is 0 Å². The molecule has 2 aromatic rings. The molecule has 5 heteroatoms. The lowest BCUT2D eigenvalue weighted by Crippen LogP contribution is -2.13. The number of fused-ring (bicyclic) bond motifs is 1. The predicted molar refractivity (Wildman–Crippen MR) is 62.0 cm³/mol. The summed E-state index contributed by atoms with van der Waals surface area (Å²) in [6, 6.07) is 1.93. The number of carboxylic acid groups (broad SMARTS) is 1. The smallest absolute Gasteiger partial charge is 0.352 e. The lowest BCUT2D eigenvalue weighted by Gasteiger charge is -2.14. The highest BCUT2D eigenvalue weighted by molar-refractivity contribution is 5.93. The van der Waals surface area contributed by atoms with E-state index in [0.717, 1.165) is 36.7 Å². The van der Waals surface area contributed by atoms with E-state index < -0.39 is 5.97 Å². The molecular weight excluding hydrogens is 218 g/mol. The van der Waals surface area contributed by atoms with Gasteiger partial charge in [0.25, 0.3) is 0 Å². The zero-order valence-electron chi connectivity index (χ0n) is 9.33. The van der Waals surface area contributed by atoms with E-state index in [4.69, 9.17) is 0 Å². The predicted octanol–water partition coefficient (Wildman–Crippen LogP) is 2.24. The zero-order valence-corrected chi connectivity index (χ0v) is 9.33. The van der Waals surface area contributed by atoms with Crippen LogP contribution in [0.2, 0.25) is 0 Å². The summed E-state index contributed by atoms with van der Waals surface area (Å²) in [4.78, 5) is 19.4. The van der Waals surface area contributed by atoms with Crippen LogP contribution in [0.4, 0.5) is 0 Å². The molecule has 3 rings (SSSR count). The quantitative estimate of drug-likeness (QED) is 0.860. The molecule has 2 heterocycles. The Balaban J connectivity index is 2.24. The summed E-state index contributed by atoms with van der Waals surface area (Å²) in [6.07, 6.45) is 7.53. The van der Waals surface area contributed by atoms with Gasteiger partial charge in [0, 0.05) is 17.6 Å². The second-order valence-corrected chi connectivity index (χ2v) is 4.44. The minimum atomic E-state index is -0.894. The van der Waals surface area contributed by atoms with Gasteiger partial charge in [0.05, 0.1) is 0 Å². The van der Waals surface area contributed by atoms with Gasteiger partial charge in [0.1, 0.15) is 17.7 Å². The van der Waals surface area contributed by atoms with E-state index in [1.807, 2.05) is 4.57 Å². The fourth-order valence-corrected chi connectivity index (χ4v) is 2.66. The van der Waals surface area contributed by atoms with E-state index in [1.54, 1.807) is 12.3 Å². The molecule has 88 valence electrons. The molecule has 0 amide bonds. The van der Waals surface area contributed by atoms with Crippen molar-refractivity contribution in [1.82, 2.24) is 14.5 Å². The fraction of sp³-hybridized carbons (Fsp3) is 0.417. The maximum Gasteiger partial charge on any atom is 0.352 e. The molecular formula is C12H13N3O2. The van der Waals surface area contributed by atoms with Gasteiger partial charge < -0.3 is 9.67 Å². The Kier molecular flexibility index (Phi) is 2.31. The number of aromatic carboxylic acids is 1. The summed E-state index contributed by atoms with van der Waals surface area (Å²) in [5.74, 6) is -0.894. The molecule has 0 aliphatic heterocycles. The third-order valence-corrected chi connectivity index (χ3v) is 3.41. The van der Waals surface area contributed by atoms with Crippen LogP contribution in [0.5, 0.6) is 0 Å². The van der Waals surface area contributed by atoms with Crippen molar-refractivity contribution in [2.24, 2.45) is 0 Å². The number of carbonyl (C=O) groups is 1. The van der Waals surface area contributed by atoms with Gasteiger partial charge >= 0.3 is 5.97 Å². The van der Waals surface area contributed by atoms with Crippen molar-refractivity contribution in [1.29, 1.82) is 0 Å². The zero-order chi connectivity index (χ0) is 11.8. The van der Waals surface area contributed by atoms with E-state index in [0.29, 0.717) is 5.69 Å². The first-order valence-electron chi connectivity index (χ1n) is 5.81. The Morgan fingerprint density at radius 2 is 2.18 bits per heavy atom. The molecule has 0 bridgehead atoms. The van der Waals surface area contributed by atoms with Gasteiger partial charge in [-0.15, -0.1) is 0 Å². The van der Waals surface area contributed by atoms with E-state index in [-0.39, 0.29) is 6.04 Å². The van der Waals surface area contributed by atoms with Gasteiger partial charge in [-0.05, 0) is 18.9 Å². The van der Waals surface area contributed by atoms with Crippen LogP contribution in [0.3, 0.4) is 0 Å². The number of rotatable bonds is 2. The minimum absolute atomic E-state index is 0.272. The monoisotopic (exact) mass is 231 g/mol. The Bertz CT molecular complexity index is 570. The van der Waals surface area contributed by atoms with Gasteiger partial charge in [-0.2, -0.15) is 0 Å². The normalized spacial score (nSPS) is 16.7. The van der Waals surface area contributed by atoms with Crippen LogP contribution >= 0.6 is 0 Å². The Morgan fingerprint density at radius 1 is 1.41 bits per heavy atom. The number of nitrogens with zero attached hydrogens (tertiary/aromatic N) is 3. The molecule has 1 N–H and O–H groups in total. The largest absolute Gasteiger partial charge is 0.477 e. The fourth-order valence-electron chi connectivity index (χ4n) is 2.66. The average Bonchev–Trinajstić information content (AvgIpc) is 2.94. The third kappa shape index (κ3) is 1.58. The standard InChI is InChI=1S/C12H13N3O2/c16-12(17)10-5-8-6-13-7-14-11(8)15(10)9-3-1-2-4-9/h5-7,9H,1-4H2,(H,16,17). The van der Waals surface area contributed by atoms with Crippen LogP contribution in [0.15, 0.2) is 18.6 Å². The molecule has 0 spiro atoms. The highest BCUT2D eigenvalue weighted by Gasteiger charge is 2.24. The maximum absolute atomic E-state index is 11.3. The first-order valence-corrected chi connectivity index (χ1v) is 5.81. The second-order valence-electron chi connectivity index (χ2n) is 4.44. The Morgan fingerprint density at radius 3 is 2.88 bits per heavy atom. The van der Waals surface area contributed by atoms with Crippen molar-refractivity contribution >= 4 is 17.0 Å². The number of carboxylic acids is 1. The lowest BCUT2D eigenvalue weighted by molar-refractivity contribution is 0.0683. The summed E-state index contributed by atoms with van der Waals surface area (Å²) in [5, 5.41) is 10.1. The van der Waals surface area contributed by atoms with Gasteiger partial charge in [-0.3, -0.25) is 0 Å². The maximum atomic E-state index is 11.3. The highest BCUT2D eigenvalue weighted by atomic mass is 16.4. The highest BCUT2D eigenvalue weighted by Crippen LogP contribution is 2.33. The van der Waals surface area contributed by atoms with Crippen LogP contribution in [0.25, 0.3) is 11.0 Å². The number of hydrogen-bond donors (Lipinski definition) is 1. The molecule has 0 radical (unpaired) electrons. The topological polar surface area (TPSA) is 68.0 Å². The Labute approximate surface area is 98.1 Å². The summed E-state index contributed by atoms with van der Waals surface area (Å²) in [6.45, 7) is 0. The third-order valence-electron chi connectivity index (χ3n) is 3.41. The minimum Gasteiger partial charge on any atom is -0.477 e. The summed E-state index contributed by atoms with van der Waals surface area (Å²) in [7, 11) is 0. The van der Waals surface area contributed by atoms with Crippen LogP contribution in [0.1, 0.15) is 42.2 Å². The van der Waals surface area contributed by atoms with Crippen molar-refractivity contribution in [3.05, 3.63) is 24.3 Å². The molecule has 17 heavy (non-hydrogen) atoms. The van der Waals surface area contributed by atoms with Crippen molar-refractivity contribution in [2.75, 3.05) is 0 Å². The molecule has 0 saturated heterocycles. The van der Waals surface area contributed by atoms with Crippen molar-refractivity contribution in [2.45, 2.75) is 31.7 Å². The molecule has 1 fully saturated rings. The molecule has 1 aliphatic rings. The van der Waals surface area contributed by atoms with Crippen molar-refractivity contribution < 1.29 is 9.90 Å².